The number of hydroxylamine groups is 1. The molecule has 10 heteroatoms. The van der Waals surface area contributed by atoms with Crippen molar-refractivity contribution in [1.82, 2.24) is 24.9 Å². The lowest BCUT2D eigenvalue weighted by Gasteiger charge is -2.12. The SMILES string of the molecule is CONC(=O)Nc1cc(-c2ccc(F)cc2F)cc(-c2cnn3cc(-c4cnn(C)c4)ccc23)c1. The van der Waals surface area contributed by atoms with Gasteiger partial charge in [-0.25, -0.2) is 23.6 Å². The molecule has 0 saturated heterocycles. The fourth-order valence-corrected chi connectivity index (χ4v) is 3.93. The van der Waals surface area contributed by atoms with E-state index in [0.29, 0.717) is 16.8 Å². The largest absolute Gasteiger partial charge is 0.343 e. The zero-order valence-corrected chi connectivity index (χ0v) is 18.8. The molecule has 0 aliphatic carbocycles. The Morgan fingerprint density at radius 1 is 0.886 bits per heavy atom. The van der Waals surface area contributed by atoms with Gasteiger partial charge in [0.15, 0.2) is 0 Å². The highest BCUT2D eigenvalue weighted by molar-refractivity contribution is 5.92. The number of fused-ring (bicyclic) bond motifs is 1. The van der Waals surface area contributed by atoms with Crippen LogP contribution in [0.1, 0.15) is 0 Å². The topological polar surface area (TPSA) is 85.5 Å². The number of hydrogen-bond donors (Lipinski definition) is 2. The smallest absolute Gasteiger partial charge is 0.306 e. The molecule has 2 N–H and O–H groups in total. The number of carbonyl (C=O) groups is 1. The number of carbonyl (C=O) groups excluding carboxylic acids is 1. The van der Waals surface area contributed by atoms with Crippen molar-refractivity contribution in [2.75, 3.05) is 12.4 Å². The van der Waals surface area contributed by atoms with Crippen molar-refractivity contribution in [2.45, 2.75) is 0 Å². The van der Waals surface area contributed by atoms with E-state index in [9.17, 15) is 13.6 Å². The van der Waals surface area contributed by atoms with Crippen molar-refractivity contribution in [3.8, 4) is 33.4 Å². The highest BCUT2D eigenvalue weighted by Gasteiger charge is 2.15. The highest BCUT2D eigenvalue weighted by Crippen LogP contribution is 2.34. The van der Waals surface area contributed by atoms with Crippen molar-refractivity contribution < 1.29 is 18.4 Å². The molecule has 5 rings (SSSR count). The number of pyridine rings is 1. The number of aromatic nitrogens is 4. The lowest BCUT2D eigenvalue weighted by molar-refractivity contribution is 0.114. The predicted molar refractivity (Wildman–Crippen MR) is 127 cm³/mol. The number of benzene rings is 2. The van der Waals surface area contributed by atoms with Gasteiger partial charge in [-0.15, -0.1) is 0 Å². The molecule has 0 bridgehead atoms. The summed E-state index contributed by atoms with van der Waals surface area (Å²) in [6.07, 6.45) is 7.27. The van der Waals surface area contributed by atoms with E-state index in [1.807, 2.05) is 31.6 Å². The van der Waals surface area contributed by atoms with Gasteiger partial charge in [0, 0.05) is 53.4 Å². The molecule has 35 heavy (non-hydrogen) atoms. The molecule has 0 spiro atoms. The van der Waals surface area contributed by atoms with Crippen LogP contribution in [-0.4, -0.2) is 32.5 Å². The van der Waals surface area contributed by atoms with Gasteiger partial charge in [0.1, 0.15) is 11.6 Å². The second-order valence-corrected chi connectivity index (χ2v) is 7.89. The Morgan fingerprint density at radius 3 is 2.40 bits per heavy atom. The fourth-order valence-electron chi connectivity index (χ4n) is 3.93. The molecule has 3 heterocycles. The Labute approximate surface area is 198 Å². The van der Waals surface area contributed by atoms with Gasteiger partial charge in [0.25, 0.3) is 0 Å². The van der Waals surface area contributed by atoms with Crippen LogP contribution in [0.3, 0.4) is 0 Å². The van der Waals surface area contributed by atoms with Crippen LogP contribution in [0, 0.1) is 11.6 Å². The standard InChI is InChI=1S/C25H20F2N6O2/c1-32-13-18(11-28-32)15-3-6-24-22(12-29-33(24)14-15)17-7-16(21-5-4-19(26)10-23(21)27)8-20(9-17)30-25(34)31-35-2/h3-14H,1-2H3,(H2,30,31,34). The molecule has 0 fully saturated rings. The van der Waals surface area contributed by atoms with Crippen molar-refractivity contribution in [1.29, 1.82) is 0 Å². The number of rotatable bonds is 5. The first-order chi connectivity index (χ1) is 16.9. The van der Waals surface area contributed by atoms with Gasteiger partial charge in [-0.2, -0.15) is 10.2 Å². The third-order valence-electron chi connectivity index (χ3n) is 5.49. The highest BCUT2D eigenvalue weighted by atomic mass is 19.1. The van der Waals surface area contributed by atoms with E-state index in [-0.39, 0.29) is 5.56 Å². The van der Waals surface area contributed by atoms with E-state index < -0.39 is 17.7 Å². The summed E-state index contributed by atoms with van der Waals surface area (Å²) in [6, 6.07) is 11.8. The van der Waals surface area contributed by atoms with E-state index in [2.05, 4.69) is 25.8 Å². The van der Waals surface area contributed by atoms with Crippen LogP contribution >= 0.6 is 0 Å². The average molecular weight is 474 g/mol. The summed E-state index contributed by atoms with van der Waals surface area (Å²) in [4.78, 5) is 16.7. The zero-order chi connectivity index (χ0) is 24.5. The Kier molecular flexibility index (Phi) is 5.71. The van der Waals surface area contributed by atoms with Crippen LogP contribution in [0.25, 0.3) is 38.9 Å². The lowest BCUT2D eigenvalue weighted by Crippen LogP contribution is -2.27. The minimum Gasteiger partial charge on any atom is -0.306 e. The Balaban J connectivity index is 1.61. The second kappa shape index (κ2) is 8.99. The quantitative estimate of drug-likeness (QED) is 0.350. The molecule has 8 nitrogen and oxygen atoms in total. The third-order valence-corrected chi connectivity index (χ3v) is 5.49. The Hall–Kier alpha value is -4.57. The van der Waals surface area contributed by atoms with Crippen LogP contribution in [0.15, 0.2) is 73.3 Å². The first-order valence-corrected chi connectivity index (χ1v) is 10.6. The number of anilines is 1. The van der Waals surface area contributed by atoms with Crippen LogP contribution in [-0.2, 0) is 11.9 Å². The molecule has 0 unspecified atom stereocenters. The van der Waals surface area contributed by atoms with Crippen molar-refractivity contribution in [3.05, 3.63) is 85.0 Å². The van der Waals surface area contributed by atoms with Crippen LogP contribution < -0.4 is 10.8 Å². The number of amides is 2. The first kappa shape index (κ1) is 22.2. The first-order valence-electron chi connectivity index (χ1n) is 10.6. The lowest BCUT2D eigenvalue weighted by atomic mass is 9.98. The third kappa shape index (κ3) is 4.46. The number of halogens is 2. The summed E-state index contributed by atoms with van der Waals surface area (Å²) in [5, 5.41) is 11.4. The molecule has 0 saturated carbocycles. The number of hydrogen-bond acceptors (Lipinski definition) is 4. The Morgan fingerprint density at radius 2 is 1.69 bits per heavy atom. The van der Waals surface area contributed by atoms with Gasteiger partial charge < -0.3 is 5.32 Å². The molecule has 176 valence electrons. The summed E-state index contributed by atoms with van der Waals surface area (Å²) in [5.74, 6) is -1.39. The van der Waals surface area contributed by atoms with Gasteiger partial charge in [0.2, 0.25) is 0 Å². The van der Waals surface area contributed by atoms with Crippen molar-refractivity contribution in [3.63, 3.8) is 0 Å². The second-order valence-electron chi connectivity index (χ2n) is 7.89. The molecule has 2 amide bonds. The monoisotopic (exact) mass is 474 g/mol. The predicted octanol–water partition coefficient (Wildman–Crippen LogP) is 5.03. The normalized spacial score (nSPS) is 11.1. The van der Waals surface area contributed by atoms with Gasteiger partial charge in [-0.05, 0) is 47.5 Å². The maximum atomic E-state index is 14.6. The summed E-state index contributed by atoms with van der Waals surface area (Å²) in [5.41, 5.74) is 7.38. The molecular weight excluding hydrogens is 454 g/mol. The van der Waals surface area contributed by atoms with Crippen LogP contribution in [0.4, 0.5) is 19.3 Å². The van der Waals surface area contributed by atoms with E-state index in [4.69, 9.17) is 0 Å². The van der Waals surface area contributed by atoms with Crippen molar-refractivity contribution >= 4 is 17.2 Å². The molecule has 0 atom stereocenters. The summed E-state index contributed by atoms with van der Waals surface area (Å²) < 4.78 is 31.6. The number of nitrogens with zero attached hydrogens (tertiary/aromatic N) is 4. The minimum atomic E-state index is -0.713. The molecular formula is C25H20F2N6O2. The molecule has 2 aromatic carbocycles. The number of nitrogens with one attached hydrogen (secondary N) is 2. The van der Waals surface area contributed by atoms with E-state index in [0.717, 1.165) is 28.3 Å². The van der Waals surface area contributed by atoms with E-state index >= 15 is 0 Å². The van der Waals surface area contributed by atoms with Gasteiger partial charge in [-0.1, -0.05) is 6.07 Å². The summed E-state index contributed by atoms with van der Waals surface area (Å²) >= 11 is 0. The summed E-state index contributed by atoms with van der Waals surface area (Å²) in [7, 11) is 3.16. The van der Waals surface area contributed by atoms with E-state index in [1.165, 1.54) is 19.2 Å². The zero-order valence-electron chi connectivity index (χ0n) is 18.8. The number of aryl methyl sites for hydroxylation is 1. The fraction of sp³-hybridized carbons (Fsp3) is 0.0800. The number of urea groups is 1. The summed E-state index contributed by atoms with van der Waals surface area (Å²) in [6.45, 7) is 0. The average Bonchev–Trinajstić information content (AvgIpc) is 3.44. The Bertz CT molecular complexity index is 1560. The molecule has 0 aliphatic heterocycles. The molecule has 0 aliphatic rings. The maximum Gasteiger partial charge on any atom is 0.343 e. The minimum absolute atomic E-state index is 0.193. The van der Waals surface area contributed by atoms with Gasteiger partial charge in [-0.3, -0.25) is 9.52 Å². The molecule has 3 aromatic heterocycles. The van der Waals surface area contributed by atoms with Gasteiger partial charge >= 0.3 is 6.03 Å². The van der Waals surface area contributed by atoms with Crippen molar-refractivity contribution in [2.24, 2.45) is 7.05 Å². The van der Waals surface area contributed by atoms with E-state index in [1.54, 1.807) is 39.8 Å². The maximum absolute atomic E-state index is 14.6. The van der Waals surface area contributed by atoms with Gasteiger partial charge in [0.05, 0.1) is 25.0 Å². The molecule has 0 radical (unpaired) electrons. The van der Waals surface area contributed by atoms with Crippen LogP contribution in [0.5, 0.6) is 0 Å². The van der Waals surface area contributed by atoms with Crippen LogP contribution in [0.2, 0.25) is 0 Å². The molecule has 5 aromatic rings.